The molecule has 0 atom stereocenters. The van der Waals surface area contributed by atoms with E-state index < -0.39 is 16.7 Å². The predicted octanol–water partition coefficient (Wildman–Crippen LogP) is 11.6. The third kappa shape index (κ3) is 4.70. The summed E-state index contributed by atoms with van der Waals surface area (Å²) in [6, 6.07) is 45.2. The van der Waals surface area contributed by atoms with Crippen molar-refractivity contribution in [1.82, 2.24) is 0 Å². The molecule has 5 aromatic rings. The van der Waals surface area contributed by atoms with Gasteiger partial charge < -0.3 is 0 Å². The normalized spacial score (nSPS) is 17.2. The zero-order chi connectivity index (χ0) is 32.3. The molecule has 3 aliphatic rings. The first-order valence-corrected chi connectivity index (χ1v) is 32.8. The van der Waals surface area contributed by atoms with Crippen molar-refractivity contribution in [3.05, 3.63) is 186 Å². The quantitative estimate of drug-likeness (QED) is 0.158. The third-order valence-corrected chi connectivity index (χ3v) is 42.8. The molecule has 0 bridgehead atoms. The van der Waals surface area contributed by atoms with Gasteiger partial charge in [0.25, 0.3) is 0 Å². The van der Waals surface area contributed by atoms with Gasteiger partial charge in [0, 0.05) is 6.42 Å². The fourth-order valence-electron chi connectivity index (χ4n) is 8.95. The average molecular weight is 735 g/mol. The van der Waals surface area contributed by atoms with Crippen LogP contribution >= 0.6 is 17.0 Å². The molecule has 0 spiro atoms. The maximum Gasteiger partial charge on any atom is 0.0211 e. The topological polar surface area (TPSA) is 0 Å². The van der Waals surface area contributed by atoms with E-state index in [1.54, 1.807) is 0 Å². The summed E-state index contributed by atoms with van der Waals surface area (Å²) in [5, 5.41) is 0. The SMILES string of the molecule is CC(C)(C)[C]1([Zr](=[SiH2])([Cl])([Cl])([CH2]c2ccccc2)[CH]2c3ccccc3-c3ccccc32)C=CC=C1.[CH]1c2ccccc2-c2ccccc21. The summed E-state index contributed by atoms with van der Waals surface area (Å²) in [7, 11) is 17.1. The molecule has 0 unspecified atom stereocenters. The van der Waals surface area contributed by atoms with E-state index in [1.165, 1.54) is 50.1 Å². The van der Waals surface area contributed by atoms with E-state index in [9.17, 15) is 0 Å². The number of hydrogen-bond acceptors (Lipinski definition) is 0. The molecule has 46 heavy (non-hydrogen) atoms. The molecular weight excluding hydrogens is 695 g/mol. The van der Waals surface area contributed by atoms with Crippen molar-refractivity contribution in [2.45, 2.75) is 31.6 Å². The molecule has 0 N–H and O–H groups in total. The van der Waals surface area contributed by atoms with Crippen LogP contribution in [0.3, 0.4) is 0 Å². The molecular formula is C42H40Cl2SiZr. The van der Waals surface area contributed by atoms with Crippen molar-refractivity contribution < 1.29 is 13.5 Å². The zero-order valence-electron chi connectivity index (χ0n) is 26.8. The largest absolute Gasteiger partial charge is 0.0619 e. The van der Waals surface area contributed by atoms with Gasteiger partial charge in [-0.3, -0.25) is 0 Å². The molecule has 230 valence electrons. The van der Waals surface area contributed by atoms with Crippen molar-refractivity contribution >= 4 is 23.9 Å². The Morgan fingerprint density at radius 1 is 0.587 bits per heavy atom. The van der Waals surface area contributed by atoms with Crippen LogP contribution in [0, 0.1) is 11.8 Å². The summed E-state index contributed by atoms with van der Waals surface area (Å²) in [5.74, 6) is 0. The number of benzene rings is 5. The second kappa shape index (κ2) is 10.9. The van der Waals surface area contributed by atoms with E-state index in [1.807, 2.05) is 6.88 Å². The molecule has 8 rings (SSSR count). The molecule has 0 fully saturated rings. The molecule has 0 aromatic heterocycles. The summed E-state index contributed by atoms with van der Waals surface area (Å²) in [5.41, 5.74) is 11.5. The van der Waals surface area contributed by atoms with Gasteiger partial charge in [-0.25, -0.2) is 0 Å². The zero-order valence-corrected chi connectivity index (χ0v) is 32.1. The fourth-order valence-corrected chi connectivity index (χ4v) is 45.9. The minimum atomic E-state index is -5.53. The molecule has 5 aromatic carbocycles. The van der Waals surface area contributed by atoms with Gasteiger partial charge in [-0.15, -0.1) is 0 Å². The van der Waals surface area contributed by atoms with Crippen molar-refractivity contribution in [3.8, 4) is 22.3 Å². The Morgan fingerprint density at radius 3 is 1.48 bits per heavy atom. The van der Waals surface area contributed by atoms with Gasteiger partial charge in [0.05, 0.1) is 0 Å². The molecule has 1 radical (unpaired) electrons. The van der Waals surface area contributed by atoms with Crippen LogP contribution in [-0.2, 0) is 17.7 Å². The molecule has 0 aliphatic heterocycles. The van der Waals surface area contributed by atoms with E-state index in [-0.39, 0.29) is 9.04 Å². The smallest absolute Gasteiger partial charge is 0.0211 e. The van der Waals surface area contributed by atoms with E-state index in [0.29, 0.717) is 4.13 Å². The number of fused-ring (bicyclic) bond motifs is 6. The van der Waals surface area contributed by atoms with Crippen molar-refractivity contribution in [2.75, 3.05) is 0 Å². The van der Waals surface area contributed by atoms with Gasteiger partial charge in [0.15, 0.2) is 0 Å². The van der Waals surface area contributed by atoms with Crippen LogP contribution in [0.1, 0.15) is 52.2 Å². The maximum absolute atomic E-state index is 8.57. The molecule has 0 amide bonds. The van der Waals surface area contributed by atoms with Crippen molar-refractivity contribution in [1.29, 1.82) is 0 Å². The van der Waals surface area contributed by atoms with E-state index in [0.717, 1.165) is 0 Å². The first kappa shape index (κ1) is 31.8. The average Bonchev–Trinajstić information content (AvgIpc) is 3.77. The van der Waals surface area contributed by atoms with Crippen molar-refractivity contribution in [3.63, 3.8) is 0 Å². The van der Waals surface area contributed by atoms with Crippen LogP contribution < -0.4 is 0 Å². The first-order chi connectivity index (χ1) is 21.9. The molecule has 4 heteroatoms. The van der Waals surface area contributed by atoms with Gasteiger partial charge >= 0.3 is 205 Å². The standard InChI is InChI=1S/2C13H9.C9H13.C7H7.2ClH.H2Si.Zr/c2*1-3-7-12-10(5-1)9-11-6-2-4-8-13(11)12;1-9(2,3)8-6-4-5-7-8;1-7-5-3-2-4-6-7;;;;/h2*1-9H;4-7H,1-3H3;2-6H,1H2;2*1H;1H2;/q;;;;;;;+2/p-2. The van der Waals surface area contributed by atoms with Gasteiger partial charge in [-0.05, 0) is 22.3 Å². The Bertz CT molecular complexity index is 2030. The molecule has 0 heterocycles. The minimum Gasteiger partial charge on any atom is -0.0619 e. The minimum absolute atomic E-state index is 0.0351. The van der Waals surface area contributed by atoms with Gasteiger partial charge in [0.1, 0.15) is 0 Å². The molecule has 0 nitrogen and oxygen atoms in total. The van der Waals surface area contributed by atoms with Crippen LogP contribution in [0.2, 0.25) is 3.12 Å². The maximum atomic E-state index is 8.57. The molecule has 3 aliphatic carbocycles. The van der Waals surface area contributed by atoms with E-state index >= 15 is 0 Å². The van der Waals surface area contributed by atoms with E-state index in [2.05, 4.69) is 179 Å². The van der Waals surface area contributed by atoms with Crippen LogP contribution in [0.15, 0.2) is 152 Å². The first-order valence-electron chi connectivity index (χ1n) is 16.2. The number of halogens is 2. The Hall–Kier alpha value is -2.74. The summed E-state index contributed by atoms with van der Waals surface area (Å²) in [6.07, 6.45) is 11.2. The molecule has 0 saturated heterocycles. The van der Waals surface area contributed by atoms with Crippen LogP contribution in [0.25, 0.3) is 22.3 Å². The van der Waals surface area contributed by atoms with Crippen LogP contribution in [0.5, 0.6) is 0 Å². The monoisotopic (exact) mass is 732 g/mol. The van der Waals surface area contributed by atoms with Crippen LogP contribution in [0.4, 0.5) is 0 Å². The predicted molar refractivity (Wildman–Crippen MR) is 199 cm³/mol. The summed E-state index contributed by atoms with van der Waals surface area (Å²) in [4.78, 5) is 0. The second-order valence-electron chi connectivity index (χ2n) is 14.6. The van der Waals surface area contributed by atoms with E-state index in [4.69, 9.17) is 17.0 Å². The fraction of sp³-hybridized carbons (Fsp3) is 0.167. The van der Waals surface area contributed by atoms with Gasteiger partial charge in [0.2, 0.25) is 0 Å². The summed E-state index contributed by atoms with van der Waals surface area (Å²) in [6.45, 7) is 8.90. The second-order valence-corrected chi connectivity index (χ2v) is 61.1. The third-order valence-electron chi connectivity index (χ3n) is 10.8. The number of allylic oxidation sites excluding steroid dienone is 4. The van der Waals surface area contributed by atoms with Crippen molar-refractivity contribution in [2.24, 2.45) is 5.41 Å². The Kier molecular flexibility index (Phi) is 7.54. The Labute approximate surface area is 280 Å². The number of hydrogen-bond donors (Lipinski definition) is 0. The molecule has 0 saturated carbocycles. The number of rotatable bonds is 4. The summed E-state index contributed by atoms with van der Waals surface area (Å²) < 4.78 is 0.218. The van der Waals surface area contributed by atoms with Gasteiger partial charge in [-0.2, -0.15) is 0 Å². The Morgan fingerprint density at radius 2 is 1.00 bits per heavy atom. The van der Waals surface area contributed by atoms with Gasteiger partial charge in [-0.1, -0.05) is 48.5 Å². The Balaban J connectivity index is 0.000000215. The van der Waals surface area contributed by atoms with Crippen LogP contribution in [-0.4, -0.2) is 6.88 Å². The summed E-state index contributed by atoms with van der Waals surface area (Å²) >= 11 is -5.53.